The first-order valence-corrected chi connectivity index (χ1v) is 11.1. The molecule has 0 aliphatic carbocycles. The lowest BCUT2D eigenvalue weighted by atomic mass is 10.1. The number of nitrogens with one attached hydrogen (secondary N) is 1. The zero-order valence-corrected chi connectivity index (χ0v) is 18.9. The molecule has 4 aromatic rings. The van der Waals surface area contributed by atoms with Crippen LogP contribution in [0.1, 0.15) is 11.1 Å². The van der Waals surface area contributed by atoms with Crippen LogP contribution < -0.4 is 19.6 Å². The van der Waals surface area contributed by atoms with E-state index in [1.807, 2.05) is 84.9 Å². The van der Waals surface area contributed by atoms with E-state index in [0.717, 1.165) is 21.9 Å². The summed E-state index contributed by atoms with van der Waals surface area (Å²) in [5.41, 5.74) is 4.24. The average molecular weight is 473 g/mol. The first-order valence-electron chi connectivity index (χ1n) is 10.8. The second-order valence-electron chi connectivity index (χ2n) is 7.75. The minimum Gasteiger partial charge on any atom is -0.489 e. The molecule has 0 spiro atoms. The van der Waals surface area contributed by atoms with Gasteiger partial charge in [0.25, 0.3) is 5.91 Å². The number of fused-ring (bicyclic) bond motifs is 2. The Hall–Kier alpha value is -4.03. The Morgan fingerprint density at radius 1 is 1.00 bits per heavy atom. The normalized spacial score (nSPS) is 14.8. The van der Waals surface area contributed by atoms with Gasteiger partial charge in [-0.3, -0.25) is 4.79 Å². The maximum atomic E-state index is 12.5. The lowest BCUT2D eigenvalue weighted by Gasteiger charge is -2.25. The van der Waals surface area contributed by atoms with Gasteiger partial charge in [-0.1, -0.05) is 54.1 Å². The lowest BCUT2D eigenvalue weighted by Crippen LogP contribution is -2.42. The summed E-state index contributed by atoms with van der Waals surface area (Å²) >= 11 is 6.15. The molecule has 0 saturated carbocycles. The second-order valence-corrected chi connectivity index (χ2v) is 8.15. The number of carbonyl (C=O) groups is 1. The molecular weight excluding hydrogens is 452 g/mol. The predicted molar refractivity (Wildman–Crippen MR) is 132 cm³/mol. The molecular formula is C27H21ClN2O4. The molecule has 1 unspecified atom stereocenters. The Labute approximate surface area is 201 Å². The van der Waals surface area contributed by atoms with Gasteiger partial charge >= 0.3 is 0 Å². The SMILES string of the molecule is O=C(N/N=C\c1ccc(OCc2ccccc2Cl)cc1)C1COc2cc3ccccc3cc2O1. The van der Waals surface area contributed by atoms with Gasteiger partial charge in [0.05, 0.1) is 6.21 Å². The summed E-state index contributed by atoms with van der Waals surface area (Å²) in [5, 5.41) is 6.78. The Bertz CT molecular complexity index is 1350. The summed E-state index contributed by atoms with van der Waals surface area (Å²) in [4.78, 5) is 12.5. The van der Waals surface area contributed by atoms with Crippen molar-refractivity contribution in [1.82, 2.24) is 5.43 Å². The van der Waals surface area contributed by atoms with E-state index >= 15 is 0 Å². The van der Waals surface area contributed by atoms with Crippen LogP contribution in [-0.2, 0) is 11.4 Å². The van der Waals surface area contributed by atoms with Crippen molar-refractivity contribution in [2.45, 2.75) is 12.7 Å². The van der Waals surface area contributed by atoms with E-state index in [9.17, 15) is 4.79 Å². The number of carbonyl (C=O) groups excluding carboxylic acids is 1. The molecule has 0 aromatic heterocycles. The van der Waals surface area contributed by atoms with Crippen molar-refractivity contribution in [3.05, 3.63) is 101 Å². The van der Waals surface area contributed by atoms with E-state index in [4.69, 9.17) is 25.8 Å². The van der Waals surface area contributed by atoms with Gasteiger partial charge in [-0.05, 0) is 58.8 Å². The van der Waals surface area contributed by atoms with Crippen LogP contribution in [-0.4, -0.2) is 24.8 Å². The number of halogens is 1. The van der Waals surface area contributed by atoms with Crippen LogP contribution in [0.15, 0.2) is 90.0 Å². The number of ether oxygens (including phenoxy) is 3. The maximum Gasteiger partial charge on any atom is 0.284 e. The first kappa shape index (κ1) is 21.8. The van der Waals surface area contributed by atoms with Gasteiger partial charge in [-0.2, -0.15) is 5.10 Å². The second kappa shape index (κ2) is 9.85. The molecule has 5 rings (SSSR count). The van der Waals surface area contributed by atoms with Crippen LogP contribution in [0.25, 0.3) is 10.8 Å². The number of rotatable bonds is 6. The number of amides is 1. The minimum absolute atomic E-state index is 0.115. The van der Waals surface area contributed by atoms with Crippen molar-refractivity contribution < 1.29 is 19.0 Å². The highest BCUT2D eigenvalue weighted by Gasteiger charge is 2.27. The van der Waals surface area contributed by atoms with E-state index in [-0.39, 0.29) is 12.5 Å². The largest absolute Gasteiger partial charge is 0.489 e. The number of hydrogen-bond donors (Lipinski definition) is 1. The molecule has 1 heterocycles. The number of hydrogen-bond acceptors (Lipinski definition) is 5. The van der Waals surface area contributed by atoms with Crippen molar-refractivity contribution in [1.29, 1.82) is 0 Å². The van der Waals surface area contributed by atoms with E-state index in [2.05, 4.69) is 10.5 Å². The third kappa shape index (κ3) is 4.97. The molecule has 170 valence electrons. The molecule has 7 heteroatoms. The highest BCUT2D eigenvalue weighted by molar-refractivity contribution is 6.31. The van der Waals surface area contributed by atoms with Gasteiger partial charge in [0.15, 0.2) is 11.5 Å². The van der Waals surface area contributed by atoms with Crippen LogP contribution in [0.3, 0.4) is 0 Å². The van der Waals surface area contributed by atoms with Gasteiger partial charge in [0.1, 0.15) is 19.0 Å². The Morgan fingerprint density at radius 3 is 2.47 bits per heavy atom. The zero-order chi connectivity index (χ0) is 23.3. The lowest BCUT2D eigenvalue weighted by molar-refractivity contribution is -0.130. The fourth-order valence-electron chi connectivity index (χ4n) is 3.55. The molecule has 0 fully saturated rings. The van der Waals surface area contributed by atoms with Gasteiger partial charge in [0.2, 0.25) is 6.10 Å². The van der Waals surface area contributed by atoms with Crippen molar-refractivity contribution in [3.8, 4) is 17.2 Å². The fourth-order valence-corrected chi connectivity index (χ4v) is 3.74. The Kier molecular flexibility index (Phi) is 6.31. The summed E-state index contributed by atoms with van der Waals surface area (Å²) in [6.45, 7) is 0.496. The number of hydrazone groups is 1. The van der Waals surface area contributed by atoms with Gasteiger partial charge in [-0.15, -0.1) is 0 Å². The molecule has 0 bridgehead atoms. The molecule has 1 N–H and O–H groups in total. The summed E-state index contributed by atoms with van der Waals surface area (Å²) in [7, 11) is 0. The molecule has 1 atom stereocenters. The zero-order valence-electron chi connectivity index (χ0n) is 18.1. The number of benzene rings is 4. The molecule has 34 heavy (non-hydrogen) atoms. The monoisotopic (exact) mass is 472 g/mol. The van der Waals surface area contributed by atoms with E-state index in [1.165, 1.54) is 0 Å². The maximum absolute atomic E-state index is 12.5. The molecule has 1 amide bonds. The van der Waals surface area contributed by atoms with Crippen molar-refractivity contribution >= 4 is 34.5 Å². The van der Waals surface area contributed by atoms with Crippen molar-refractivity contribution in [2.24, 2.45) is 5.10 Å². The van der Waals surface area contributed by atoms with Crippen LogP contribution in [0.4, 0.5) is 0 Å². The topological polar surface area (TPSA) is 69.2 Å². The van der Waals surface area contributed by atoms with Crippen molar-refractivity contribution in [3.63, 3.8) is 0 Å². The summed E-state index contributed by atoms with van der Waals surface area (Å²) < 4.78 is 17.4. The van der Waals surface area contributed by atoms with Crippen LogP contribution in [0.5, 0.6) is 17.2 Å². The van der Waals surface area contributed by atoms with Gasteiger partial charge in [0, 0.05) is 10.6 Å². The van der Waals surface area contributed by atoms with Crippen molar-refractivity contribution in [2.75, 3.05) is 6.61 Å². The van der Waals surface area contributed by atoms with Crippen LogP contribution in [0, 0.1) is 0 Å². The van der Waals surface area contributed by atoms with Crippen LogP contribution >= 0.6 is 11.6 Å². The minimum atomic E-state index is -0.786. The molecule has 1 aliphatic heterocycles. The van der Waals surface area contributed by atoms with E-state index in [1.54, 1.807) is 6.21 Å². The van der Waals surface area contributed by atoms with Crippen LogP contribution in [0.2, 0.25) is 5.02 Å². The van der Waals surface area contributed by atoms with E-state index < -0.39 is 6.10 Å². The summed E-state index contributed by atoms with van der Waals surface area (Å²) in [6, 6.07) is 26.6. The molecule has 6 nitrogen and oxygen atoms in total. The smallest absolute Gasteiger partial charge is 0.284 e. The van der Waals surface area contributed by atoms with Gasteiger partial charge in [-0.25, -0.2) is 5.43 Å². The molecule has 4 aromatic carbocycles. The quantitative estimate of drug-likeness (QED) is 0.303. The third-order valence-corrected chi connectivity index (χ3v) is 5.75. The third-order valence-electron chi connectivity index (χ3n) is 5.38. The Morgan fingerprint density at radius 2 is 1.71 bits per heavy atom. The Balaban J connectivity index is 1.15. The molecule has 0 radical (unpaired) electrons. The molecule has 0 saturated heterocycles. The van der Waals surface area contributed by atoms with E-state index in [0.29, 0.717) is 28.9 Å². The summed E-state index contributed by atoms with van der Waals surface area (Å²) in [6.07, 6.45) is 0.771. The molecule has 1 aliphatic rings. The highest BCUT2D eigenvalue weighted by Crippen LogP contribution is 2.35. The van der Waals surface area contributed by atoms with Gasteiger partial charge < -0.3 is 14.2 Å². The summed E-state index contributed by atoms with van der Waals surface area (Å²) in [5.74, 6) is 1.50. The number of nitrogens with zero attached hydrogens (tertiary/aromatic N) is 1. The average Bonchev–Trinajstić information content (AvgIpc) is 2.87. The predicted octanol–water partition coefficient (Wildman–Crippen LogP) is 5.36. The fraction of sp³-hybridized carbons (Fsp3) is 0.111. The first-order chi connectivity index (χ1) is 16.7. The highest BCUT2D eigenvalue weighted by atomic mass is 35.5. The standard InChI is InChI=1S/C27H21ClN2O4/c28-23-8-4-3-7-21(23)16-32-22-11-9-18(10-12-22)15-29-30-27(31)26-17-33-24-13-19-5-1-2-6-20(19)14-25(24)34-26/h1-15,26H,16-17H2,(H,30,31)/b29-15-.